The molecule has 1 aromatic rings. The number of rotatable bonds is 4. The largest absolute Gasteiger partial charge is 0.460 e. The number of carbonyl (C=O) groups is 1. The highest BCUT2D eigenvalue weighted by Crippen LogP contribution is 2.27. The molecule has 144 valence electrons. The van der Waals surface area contributed by atoms with Gasteiger partial charge in [-0.15, -0.1) is 0 Å². The van der Waals surface area contributed by atoms with Crippen LogP contribution in [0, 0.1) is 5.92 Å². The quantitative estimate of drug-likeness (QED) is 0.507. The van der Waals surface area contributed by atoms with Gasteiger partial charge in [-0.05, 0) is 52.0 Å². The fraction of sp³-hybridized carbons (Fsp3) is 0.619. The van der Waals surface area contributed by atoms with Gasteiger partial charge in [-0.1, -0.05) is 30.3 Å². The Hall–Kier alpha value is -2.04. The average Bonchev–Trinajstić information content (AvgIpc) is 2.58. The normalized spacial score (nSPS) is 21.2. The molecular weight excluding hydrogens is 326 g/mol. The fourth-order valence-electron chi connectivity index (χ4n) is 3.11. The van der Waals surface area contributed by atoms with Crippen molar-refractivity contribution in [3.05, 3.63) is 35.9 Å². The van der Waals surface area contributed by atoms with Gasteiger partial charge in [0.25, 0.3) is 0 Å². The summed E-state index contributed by atoms with van der Waals surface area (Å²) in [5.41, 5.74) is 0.788. The van der Waals surface area contributed by atoms with E-state index in [9.17, 15) is 4.79 Å². The zero-order valence-electron chi connectivity index (χ0n) is 16.8. The molecule has 0 radical (unpaired) electrons. The molecule has 1 fully saturated rings. The van der Waals surface area contributed by atoms with Crippen LogP contribution < -0.4 is 5.32 Å². The van der Waals surface area contributed by atoms with Crippen LogP contribution in [-0.4, -0.2) is 42.6 Å². The van der Waals surface area contributed by atoms with Crippen molar-refractivity contribution in [2.45, 2.75) is 64.6 Å². The topological polar surface area (TPSA) is 53.9 Å². The second-order valence-corrected chi connectivity index (χ2v) is 8.25. The third-order valence-corrected chi connectivity index (χ3v) is 4.48. The summed E-state index contributed by atoms with van der Waals surface area (Å²) in [6, 6.07) is 10.6. The molecule has 0 amide bonds. The third kappa shape index (κ3) is 6.70. The molecule has 0 atom stereocenters. The van der Waals surface area contributed by atoms with Crippen molar-refractivity contribution in [2.24, 2.45) is 10.9 Å². The Morgan fingerprint density at radius 2 is 1.77 bits per heavy atom. The van der Waals surface area contributed by atoms with E-state index in [-0.39, 0.29) is 11.9 Å². The van der Waals surface area contributed by atoms with E-state index < -0.39 is 5.60 Å². The molecule has 2 rings (SSSR count). The summed E-state index contributed by atoms with van der Waals surface area (Å²) >= 11 is 0. The molecule has 0 unspecified atom stereocenters. The minimum atomic E-state index is -0.408. The number of hydrogen-bond acceptors (Lipinski definition) is 3. The van der Waals surface area contributed by atoms with Crippen LogP contribution >= 0.6 is 0 Å². The Morgan fingerprint density at radius 1 is 1.15 bits per heavy atom. The van der Waals surface area contributed by atoms with Gasteiger partial charge in [0, 0.05) is 20.1 Å². The predicted octanol–water partition coefficient (Wildman–Crippen LogP) is 3.59. The summed E-state index contributed by atoms with van der Waals surface area (Å²) in [6.07, 6.45) is 3.65. The number of hydrogen-bond donors (Lipinski definition) is 1. The van der Waals surface area contributed by atoms with E-state index in [0.717, 1.165) is 31.6 Å². The Kier molecular flexibility index (Phi) is 7.06. The lowest BCUT2D eigenvalue weighted by Crippen LogP contribution is -2.45. The van der Waals surface area contributed by atoms with Crippen LogP contribution in [0.3, 0.4) is 0 Å². The van der Waals surface area contributed by atoms with Gasteiger partial charge in [0.1, 0.15) is 5.60 Å². The van der Waals surface area contributed by atoms with Crippen LogP contribution in [-0.2, 0) is 16.1 Å². The van der Waals surface area contributed by atoms with Gasteiger partial charge in [0.2, 0.25) is 0 Å². The Labute approximate surface area is 157 Å². The molecule has 26 heavy (non-hydrogen) atoms. The Balaban J connectivity index is 1.86. The second kappa shape index (κ2) is 9.06. The summed E-state index contributed by atoms with van der Waals surface area (Å²) in [4.78, 5) is 19.0. The first-order valence-corrected chi connectivity index (χ1v) is 9.49. The number of aliphatic imine (C=N–C) groups is 1. The fourth-order valence-corrected chi connectivity index (χ4v) is 3.11. The van der Waals surface area contributed by atoms with Crippen molar-refractivity contribution in [1.82, 2.24) is 10.2 Å². The van der Waals surface area contributed by atoms with Crippen LogP contribution in [0.25, 0.3) is 0 Å². The van der Waals surface area contributed by atoms with Crippen molar-refractivity contribution in [3.63, 3.8) is 0 Å². The first-order valence-electron chi connectivity index (χ1n) is 9.49. The highest BCUT2D eigenvalue weighted by molar-refractivity contribution is 5.80. The van der Waals surface area contributed by atoms with E-state index >= 15 is 0 Å². The molecule has 0 saturated heterocycles. The summed E-state index contributed by atoms with van der Waals surface area (Å²) < 4.78 is 5.53. The lowest BCUT2D eigenvalue weighted by Gasteiger charge is -2.32. The molecule has 0 bridgehead atoms. The second-order valence-electron chi connectivity index (χ2n) is 8.25. The molecule has 0 heterocycles. The number of benzene rings is 1. The molecular formula is C21H33N3O2. The lowest BCUT2D eigenvalue weighted by atomic mass is 9.86. The number of carbonyl (C=O) groups excluding carboxylic acids is 1. The SMILES string of the molecule is CN(C)C(=NCc1ccccc1)NC1CCC(C(=O)OC(C)(C)C)CC1. The zero-order valence-corrected chi connectivity index (χ0v) is 16.8. The molecule has 5 nitrogen and oxygen atoms in total. The third-order valence-electron chi connectivity index (χ3n) is 4.48. The summed E-state index contributed by atoms with van der Waals surface area (Å²) in [5.74, 6) is 0.868. The van der Waals surface area contributed by atoms with Gasteiger partial charge in [-0.2, -0.15) is 0 Å². The number of ether oxygens (including phenoxy) is 1. The van der Waals surface area contributed by atoms with E-state index in [4.69, 9.17) is 9.73 Å². The van der Waals surface area contributed by atoms with Gasteiger partial charge >= 0.3 is 5.97 Å². The predicted molar refractivity (Wildman–Crippen MR) is 106 cm³/mol. The lowest BCUT2D eigenvalue weighted by molar-refractivity contribution is -0.161. The van der Waals surface area contributed by atoms with Crippen molar-refractivity contribution in [3.8, 4) is 0 Å². The highest BCUT2D eigenvalue weighted by atomic mass is 16.6. The van der Waals surface area contributed by atoms with Crippen LogP contribution in [0.1, 0.15) is 52.0 Å². The monoisotopic (exact) mass is 359 g/mol. The van der Waals surface area contributed by atoms with E-state index in [2.05, 4.69) is 17.4 Å². The van der Waals surface area contributed by atoms with Gasteiger partial charge in [-0.25, -0.2) is 4.99 Å². The van der Waals surface area contributed by atoms with Gasteiger partial charge in [0.15, 0.2) is 5.96 Å². The summed E-state index contributed by atoms with van der Waals surface area (Å²) in [6.45, 7) is 6.43. The van der Waals surface area contributed by atoms with Crippen molar-refractivity contribution < 1.29 is 9.53 Å². The maximum absolute atomic E-state index is 12.2. The molecule has 1 aromatic carbocycles. The molecule has 0 spiro atoms. The molecule has 0 aromatic heterocycles. The van der Waals surface area contributed by atoms with Gasteiger partial charge < -0.3 is 15.0 Å². The van der Waals surface area contributed by atoms with Crippen LogP contribution in [0.4, 0.5) is 0 Å². The van der Waals surface area contributed by atoms with Crippen molar-refractivity contribution in [1.29, 1.82) is 0 Å². The first-order chi connectivity index (χ1) is 12.2. The minimum absolute atomic E-state index is 0.0244. The van der Waals surface area contributed by atoms with E-state index in [1.807, 2.05) is 58.0 Å². The Morgan fingerprint density at radius 3 is 2.31 bits per heavy atom. The molecule has 5 heteroatoms. The zero-order chi connectivity index (χ0) is 19.2. The number of nitrogens with zero attached hydrogens (tertiary/aromatic N) is 2. The molecule has 1 saturated carbocycles. The van der Waals surface area contributed by atoms with Crippen molar-refractivity contribution in [2.75, 3.05) is 14.1 Å². The smallest absolute Gasteiger partial charge is 0.309 e. The molecule has 1 N–H and O–H groups in total. The molecule has 1 aliphatic rings. The van der Waals surface area contributed by atoms with E-state index in [1.54, 1.807) is 0 Å². The highest BCUT2D eigenvalue weighted by Gasteiger charge is 2.30. The molecule has 0 aliphatic heterocycles. The minimum Gasteiger partial charge on any atom is -0.460 e. The molecule has 1 aliphatic carbocycles. The van der Waals surface area contributed by atoms with Crippen LogP contribution in [0.5, 0.6) is 0 Å². The number of nitrogens with one attached hydrogen (secondary N) is 1. The summed E-state index contributed by atoms with van der Waals surface area (Å²) in [5, 5.41) is 3.56. The summed E-state index contributed by atoms with van der Waals surface area (Å²) in [7, 11) is 4.01. The van der Waals surface area contributed by atoms with Gasteiger partial charge in [0.05, 0.1) is 12.5 Å². The first kappa shape index (κ1) is 20.3. The average molecular weight is 360 g/mol. The maximum Gasteiger partial charge on any atom is 0.309 e. The Bertz CT molecular complexity index is 597. The maximum atomic E-state index is 12.2. The van der Waals surface area contributed by atoms with Crippen LogP contribution in [0.15, 0.2) is 35.3 Å². The van der Waals surface area contributed by atoms with Crippen molar-refractivity contribution >= 4 is 11.9 Å². The standard InChI is InChI=1S/C21H33N3O2/c1-21(2,3)26-19(25)17-11-13-18(14-12-17)23-20(24(4)5)22-15-16-9-7-6-8-10-16/h6-10,17-18H,11-15H2,1-5H3,(H,22,23). The van der Waals surface area contributed by atoms with Crippen LogP contribution in [0.2, 0.25) is 0 Å². The van der Waals surface area contributed by atoms with E-state index in [1.165, 1.54) is 5.56 Å². The number of esters is 1. The number of guanidine groups is 1. The van der Waals surface area contributed by atoms with Gasteiger partial charge in [-0.3, -0.25) is 4.79 Å². The van der Waals surface area contributed by atoms with E-state index in [0.29, 0.717) is 12.6 Å².